The first kappa shape index (κ1) is 10.5. The first-order valence-corrected chi connectivity index (χ1v) is 5.33. The fourth-order valence-electron chi connectivity index (χ4n) is 1.69. The van der Waals surface area contributed by atoms with Gasteiger partial charge in [-0.25, -0.2) is 0 Å². The Morgan fingerprint density at radius 1 is 1.46 bits per heavy atom. The van der Waals surface area contributed by atoms with Crippen molar-refractivity contribution < 1.29 is 4.79 Å². The van der Waals surface area contributed by atoms with E-state index in [1.54, 1.807) is 0 Å². The predicted molar refractivity (Wildman–Crippen MR) is 53.6 cm³/mol. The van der Waals surface area contributed by atoms with Gasteiger partial charge in [-0.15, -0.1) is 0 Å². The van der Waals surface area contributed by atoms with Gasteiger partial charge in [0.05, 0.1) is 0 Å². The number of rotatable bonds is 3. The zero-order valence-corrected chi connectivity index (χ0v) is 8.44. The van der Waals surface area contributed by atoms with E-state index in [1.165, 1.54) is 6.42 Å². The molecule has 1 aliphatic rings. The summed E-state index contributed by atoms with van der Waals surface area (Å²) < 4.78 is 0. The summed E-state index contributed by atoms with van der Waals surface area (Å²) in [4.78, 5) is 11.3. The Kier molecular flexibility index (Phi) is 4.83. The van der Waals surface area contributed by atoms with Crippen LogP contribution in [0.5, 0.6) is 0 Å². The molecule has 0 saturated carbocycles. The standard InChI is InChI=1S/C10H20N2O/c1-2-4-10(13)12-9-5-3-7-11-8-6-9/h9,11H,2-8H2,1H3,(H,12,13). The molecule has 1 heterocycles. The Balaban J connectivity index is 2.21. The molecule has 1 amide bonds. The summed E-state index contributed by atoms with van der Waals surface area (Å²) in [6, 6.07) is 0.411. The quantitative estimate of drug-likeness (QED) is 0.688. The van der Waals surface area contributed by atoms with E-state index in [4.69, 9.17) is 0 Å². The molecule has 0 bridgehead atoms. The molecular weight excluding hydrogens is 164 g/mol. The molecule has 0 aromatic heterocycles. The lowest BCUT2D eigenvalue weighted by atomic mass is 10.1. The van der Waals surface area contributed by atoms with Crippen molar-refractivity contribution in [3.8, 4) is 0 Å². The fourth-order valence-corrected chi connectivity index (χ4v) is 1.69. The minimum absolute atomic E-state index is 0.217. The molecule has 3 nitrogen and oxygen atoms in total. The lowest BCUT2D eigenvalue weighted by Crippen LogP contribution is -2.35. The van der Waals surface area contributed by atoms with Gasteiger partial charge in [0.2, 0.25) is 5.91 Å². The van der Waals surface area contributed by atoms with Gasteiger partial charge >= 0.3 is 0 Å². The van der Waals surface area contributed by atoms with Gasteiger partial charge in [0.15, 0.2) is 0 Å². The highest BCUT2D eigenvalue weighted by atomic mass is 16.1. The number of carbonyl (C=O) groups excluding carboxylic acids is 1. The number of amides is 1. The molecule has 1 atom stereocenters. The van der Waals surface area contributed by atoms with Crippen LogP contribution in [0.15, 0.2) is 0 Å². The number of hydrogen-bond acceptors (Lipinski definition) is 2. The molecule has 2 N–H and O–H groups in total. The van der Waals surface area contributed by atoms with Crippen molar-refractivity contribution in [2.75, 3.05) is 13.1 Å². The van der Waals surface area contributed by atoms with Gasteiger partial charge in [-0.3, -0.25) is 4.79 Å². The van der Waals surface area contributed by atoms with E-state index < -0.39 is 0 Å². The Hall–Kier alpha value is -0.570. The third-order valence-electron chi connectivity index (χ3n) is 2.42. The van der Waals surface area contributed by atoms with Gasteiger partial charge in [-0.2, -0.15) is 0 Å². The number of nitrogens with one attached hydrogen (secondary N) is 2. The molecule has 0 aromatic rings. The molecular formula is C10H20N2O. The van der Waals surface area contributed by atoms with Crippen LogP contribution < -0.4 is 10.6 Å². The van der Waals surface area contributed by atoms with Crippen molar-refractivity contribution in [3.05, 3.63) is 0 Å². The highest BCUT2D eigenvalue weighted by Gasteiger charge is 2.13. The van der Waals surface area contributed by atoms with Crippen LogP contribution in [0.4, 0.5) is 0 Å². The van der Waals surface area contributed by atoms with Crippen LogP contribution in [-0.4, -0.2) is 25.0 Å². The van der Waals surface area contributed by atoms with Crippen molar-refractivity contribution in [2.45, 2.75) is 45.1 Å². The maximum absolute atomic E-state index is 11.3. The molecule has 0 spiro atoms. The second-order valence-electron chi connectivity index (χ2n) is 3.70. The normalized spacial score (nSPS) is 23.6. The minimum Gasteiger partial charge on any atom is -0.353 e. The zero-order chi connectivity index (χ0) is 9.52. The first-order valence-electron chi connectivity index (χ1n) is 5.33. The summed E-state index contributed by atoms with van der Waals surface area (Å²) in [5.74, 6) is 0.217. The van der Waals surface area contributed by atoms with Crippen molar-refractivity contribution in [1.82, 2.24) is 10.6 Å². The number of carbonyl (C=O) groups is 1. The topological polar surface area (TPSA) is 41.1 Å². The third kappa shape index (κ3) is 4.27. The molecule has 0 aromatic carbocycles. The predicted octanol–water partition coefficient (Wildman–Crippen LogP) is 1.04. The lowest BCUT2D eigenvalue weighted by molar-refractivity contribution is -0.121. The Bertz CT molecular complexity index is 151. The van der Waals surface area contributed by atoms with Crippen molar-refractivity contribution in [2.24, 2.45) is 0 Å². The maximum atomic E-state index is 11.3. The van der Waals surface area contributed by atoms with Crippen LogP contribution in [0.2, 0.25) is 0 Å². The summed E-state index contributed by atoms with van der Waals surface area (Å²) >= 11 is 0. The van der Waals surface area contributed by atoms with Crippen molar-refractivity contribution >= 4 is 5.91 Å². The molecule has 1 saturated heterocycles. The monoisotopic (exact) mass is 184 g/mol. The molecule has 76 valence electrons. The Morgan fingerprint density at radius 3 is 3.08 bits per heavy atom. The molecule has 1 rings (SSSR count). The van der Waals surface area contributed by atoms with E-state index in [1.807, 2.05) is 6.92 Å². The van der Waals surface area contributed by atoms with Gasteiger partial charge in [0, 0.05) is 12.5 Å². The zero-order valence-electron chi connectivity index (χ0n) is 8.44. The summed E-state index contributed by atoms with van der Waals surface area (Å²) in [5, 5.41) is 6.41. The average Bonchev–Trinajstić information content (AvgIpc) is 2.33. The molecule has 1 aliphatic heterocycles. The lowest BCUT2D eigenvalue weighted by Gasteiger charge is -2.15. The van der Waals surface area contributed by atoms with E-state index in [-0.39, 0.29) is 5.91 Å². The van der Waals surface area contributed by atoms with E-state index in [0.29, 0.717) is 12.5 Å². The van der Waals surface area contributed by atoms with Crippen LogP contribution in [0.1, 0.15) is 39.0 Å². The highest BCUT2D eigenvalue weighted by molar-refractivity contribution is 5.76. The van der Waals surface area contributed by atoms with E-state index in [2.05, 4.69) is 10.6 Å². The smallest absolute Gasteiger partial charge is 0.220 e. The second kappa shape index (κ2) is 5.97. The largest absolute Gasteiger partial charge is 0.353 e. The van der Waals surface area contributed by atoms with Crippen LogP contribution in [0.3, 0.4) is 0 Å². The molecule has 3 heteroatoms. The SMILES string of the molecule is CCCC(=O)NC1CCCNCC1. The van der Waals surface area contributed by atoms with Crippen molar-refractivity contribution in [3.63, 3.8) is 0 Å². The van der Waals surface area contributed by atoms with E-state index in [0.717, 1.165) is 32.4 Å². The Morgan fingerprint density at radius 2 is 2.31 bits per heavy atom. The van der Waals surface area contributed by atoms with Crippen LogP contribution in [-0.2, 0) is 4.79 Å². The third-order valence-corrected chi connectivity index (χ3v) is 2.42. The molecule has 1 unspecified atom stereocenters. The molecule has 0 aliphatic carbocycles. The summed E-state index contributed by atoms with van der Waals surface area (Å²) in [7, 11) is 0. The van der Waals surface area contributed by atoms with Crippen LogP contribution in [0, 0.1) is 0 Å². The van der Waals surface area contributed by atoms with Gasteiger partial charge in [0.25, 0.3) is 0 Å². The Labute approximate surface area is 80.3 Å². The summed E-state index contributed by atoms with van der Waals surface area (Å²) in [5.41, 5.74) is 0. The summed E-state index contributed by atoms with van der Waals surface area (Å²) in [6.07, 6.45) is 5.00. The highest BCUT2D eigenvalue weighted by Crippen LogP contribution is 2.05. The summed E-state index contributed by atoms with van der Waals surface area (Å²) in [6.45, 7) is 4.17. The van der Waals surface area contributed by atoms with Crippen LogP contribution >= 0.6 is 0 Å². The van der Waals surface area contributed by atoms with Gasteiger partial charge in [-0.05, 0) is 38.8 Å². The maximum Gasteiger partial charge on any atom is 0.220 e. The molecule has 1 fully saturated rings. The minimum atomic E-state index is 0.217. The second-order valence-corrected chi connectivity index (χ2v) is 3.70. The molecule has 13 heavy (non-hydrogen) atoms. The van der Waals surface area contributed by atoms with Crippen molar-refractivity contribution in [1.29, 1.82) is 0 Å². The first-order chi connectivity index (χ1) is 6.33. The fraction of sp³-hybridized carbons (Fsp3) is 0.900. The van der Waals surface area contributed by atoms with Gasteiger partial charge < -0.3 is 10.6 Å². The average molecular weight is 184 g/mol. The van der Waals surface area contributed by atoms with Crippen LogP contribution in [0.25, 0.3) is 0 Å². The van der Waals surface area contributed by atoms with Gasteiger partial charge in [0.1, 0.15) is 0 Å². The van der Waals surface area contributed by atoms with E-state index in [9.17, 15) is 4.79 Å². The van der Waals surface area contributed by atoms with E-state index >= 15 is 0 Å². The van der Waals surface area contributed by atoms with Gasteiger partial charge in [-0.1, -0.05) is 6.92 Å². The number of hydrogen-bond donors (Lipinski definition) is 2. The molecule has 0 radical (unpaired) electrons.